The molecule has 0 aliphatic rings. The summed E-state index contributed by atoms with van der Waals surface area (Å²) >= 11 is 0. The number of rotatable bonds is 6. The minimum atomic E-state index is -3.09. The van der Waals surface area contributed by atoms with Gasteiger partial charge in [0.15, 0.2) is 9.84 Å². The Morgan fingerprint density at radius 2 is 2.12 bits per heavy atom. The molecule has 1 aromatic rings. The average Bonchev–Trinajstić information content (AvgIpc) is 2.60. The van der Waals surface area contributed by atoms with Gasteiger partial charge in [0.25, 0.3) is 0 Å². The topological polar surface area (TPSA) is 64.0 Å². The fourth-order valence-electron chi connectivity index (χ4n) is 1.37. The second-order valence-corrected chi connectivity index (χ2v) is 7.49. The largest absolute Gasteiger partial charge is 0.356 e. The van der Waals surface area contributed by atoms with Gasteiger partial charge in [0, 0.05) is 31.7 Å². The zero-order chi connectivity index (χ0) is 13.1. The minimum absolute atomic E-state index is 0.401. The molecule has 0 radical (unpaired) electrons. The van der Waals surface area contributed by atoms with E-state index in [0.717, 1.165) is 18.9 Å². The van der Waals surface area contributed by atoms with Crippen molar-refractivity contribution in [1.82, 2.24) is 9.55 Å². The second kappa shape index (κ2) is 5.08. The van der Waals surface area contributed by atoms with Gasteiger partial charge in [0.1, 0.15) is 0 Å². The molecule has 5 nitrogen and oxygen atoms in total. The van der Waals surface area contributed by atoms with Gasteiger partial charge in [0.05, 0.1) is 4.75 Å². The van der Waals surface area contributed by atoms with Crippen LogP contribution in [0.3, 0.4) is 0 Å². The van der Waals surface area contributed by atoms with E-state index in [1.807, 2.05) is 4.57 Å². The molecule has 0 unspecified atom stereocenters. The first-order valence-electron chi connectivity index (χ1n) is 5.72. The van der Waals surface area contributed by atoms with E-state index in [0.29, 0.717) is 6.54 Å². The maximum Gasteiger partial charge on any atom is 0.202 e. The molecule has 0 atom stereocenters. The van der Waals surface area contributed by atoms with E-state index in [2.05, 4.69) is 17.2 Å². The lowest BCUT2D eigenvalue weighted by Gasteiger charge is -2.24. The third kappa shape index (κ3) is 3.46. The number of nitrogens with one attached hydrogen (secondary N) is 1. The molecule has 0 aliphatic heterocycles. The molecular weight excluding hydrogens is 238 g/mol. The van der Waals surface area contributed by atoms with Crippen LogP contribution in [0.1, 0.15) is 27.2 Å². The Bertz CT molecular complexity index is 463. The highest BCUT2D eigenvalue weighted by Crippen LogP contribution is 2.19. The number of imidazole rings is 1. The maximum absolute atomic E-state index is 11.7. The quantitative estimate of drug-likeness (QED) is 0.841. The van der Waals surface area contributed by atoms with Crippen LogP contribution in [0.15, 0.2) is 12.4 Å². The summed E-state index contributed by atoms with van der Waals surface area (Å²) in [5.74, 6) is 0.726. The molecule has 0 fully saturated rings. The molecular formula is C11H21N3O2S. The first kappa shape index (κ1) is 14.0. The molecule has 98 valence electrons. The van der Waals surface area contributed by atoms with Gasteiger partial charge < -0.3 is 9.88 Å². The molecule has 1 N–H and O–H groups in total. The lowest BCUT2D eigenvalue weighted by molar-refractivity contribution is 0.504. The number of sulfone groups is 1. The van der Waals surface area contributed by atoms with Crippen molar-refractivity contribution in [2.24, 2.45) is 0 Å². The SMILES string of the molecule is CCCNc1nccn1CC(C)(C)S(C)(=O)=O. The van der Waals surface area contributed by atoms with Crippen molar-refractivity contribution < 1.29 is 8.42 Å². The van der Waals surface area contributed by atoms with Crippen molar-refractivity contribution >= 4 is 15.8 Å². The van der Waals surface area contributed by atoms with E-state index < -0.39 is 14.6 Å². The van der Waals surface area contributed by atoms with Gasteiger partial charge in [0.2, 0.25) is 5.95 Å². The Morgan fingerprint density at radius 1 is 1.47 bits per heavy atom. The molecule has 0 aliphatic carbocycles. The van der Waals surface area contributed by atoms with Crippen LogP contribution in [0.5, 0.6) is 0 Å². The molecule has 0 saturated heterocycles. The van der Waals surface area contributed by atoms with Crippen molar-refractivity contribution in [2.45, 2.75) is 38.5 Å². The summed E-state index contributed by atoms with van der Waals surface area (Å²) < 4.78 is 24.3. The van der Waals surface area contributed by atoms with Crippen molar-refractivity contribution in [3.8, 4) is 0 Å². The van der Waals surface area contributed by atoms with Crippen molar-refractivity contribution in [2.75, 3.05) is 18.1 Å². The molecule has 0 saturated carbocycles. The van der Waals surface area contributed by atoms with E-state index in [1.54, 1.807) is 26.2 Å². The van der Waals surface area contributed by atoms with Gasteiger partial charge >= 0.3 is 0 Å². The number of hydrogen-bond acceptors (Lipinski definition) is 4. The summed E-state index contributed by atoms with van der Waals surface area (Å²) in [5.41, 5.74) is 0. The zero-order valence-corrected chi connectivity index (χ0v) is 11.7. The van der Waals surface area contributed by atoms with Gasteiger partial charge in [-0.2, -0.15) is 0 Å². The van der Waals surface area contributed by atoms with Gasteiger partial charge in [-0.25, -0.2) is 13.4 Å². The lowest BCUT2D eigenvalue weighted by atomic mass is 10.2. The summed E-state index contributed by atoms with van der Waals surface area (Å²) in [6, 6.07) is 0. The standard InChI is InChI=1S/C11H21N3O2S/c1-5-6-12-10-13-7-8-14(10)9-11(2,3)17(4,15)16/h7-8H,5-6,9H2,1-4H3,(H,12,13). The normalized spacial score (nSPS) is 12.7. The van der Waals surface area contributed by atoms with Crippen LogP contribution in [0.2, 0.25) is 0 Å². The third-order valence-corrected chi connectivity index (χ3v) is 4.94. The van der Waals surface area contributed by atoms with Crippen LogP contribution >= 0.6 is 0 Å². The summed E-state index contributed by atoms with van der Waals surface area (Å²) in [5, 5.41) is 3.17. The van der Waals surface area contributed by atoms with Crippen LogP contribution in [-0.2, 0) is 16.4 Å². The van der Waals surface area contributed by atoms with Crippen molar-refractivity contribution in [3.63, 3.8) is 0 Å². The summed E-state index contributed by atoms with van der Waals surface area (Å²) in [4.78, 5) is 4.18. The predicted molar refractivity (Wildman–Crippen MR) is 69.9 cm³/mol. The van der Waals surface area contributed by atoms with E-state index in [9.17, 15) is 8.42 Å². The first-order chi connectivity index (χ1) is 7.78. The van der Waals surface area contributed by atoms with Crippen LogP contribution in [0.25, 0.3) is 0 Å². The maximum atomic E-state index is 11.7. The minimum Gasteiger partial charge on any atom is -0.356 e. The molecule has 1 rings (SSSR count). The summed E-state index contributed by atoms with van der Waals surface area (Å²) in [7, 11) is -3.09. The Labute approximate surface area is 103 Å². The van der Waals surface area contributed by atoms with Crippen LogP contribution in [-0.4, -0.2) is 35.5 Å². The van der Waals surface area contributed by atoms with E-state index in [1.165, 1.54) is 6.26 Å². The molecule has 0 bridgehead atoms. The first-order valence-corrected chi connectivity index (χ1v) is 7.61. The average molecular weight is 259 g/mol. The lowest BCUT2D eigenvalue weighted by Crippen LogP contribution is -2.36. The predicted octanol–water partition coefficient (Wildman–Crippen LogP) is 1.53. The fraction of sp³-hybridized carbons (Fsp3) is 0.727. The molecule has 0 spiro atoms. The monoisotopic (exact) mass is 259 g/mol. The highest BCUT2D eigenvalue weighted by molar-refractivity contribution is 7.92. The van der Waals surface area contributed by atoms with Crippen molar-refractivity contribution in [1.29, 1.82) is 0 Å². The van der Waals surface area contributed by atoms with Crippen LogP contribution < -0.4 is 5.32 Å². The second-order valence-electron chi connectivity index (χ2n) is 4.84. The smallest absolute Gasteiger partial charge is 0.202 e. The number of hydrogen-bond donors (Lipinski definition) is 1. The Kier molecular flexibility index (Phi) is 4.19. The van der Waals surface area contributed by atoms with E-state index >= 15 is 0 Å². The Hall–Kier alpha value is -1.04. The van der Waals surface area contributed by atoms with Gasteiger partial charge in [-0.1, -0.05) is 6.92 Å². The van der Waals surface area contributed by atoms with Gasteiger partial charge in [-0.15, -0.1) is 0 Å². The Balaban J connectivity index is 2.85. The summed E-state index contributed by atoms with van der Waals surface area (Å²) in [6.07, 6.45) is 5.74. The van der Waals surface area contributed by atoms with E-state index in [4.69, 9.17) is 0 Å². The molecule has 0 amide bonds. The number of anilines is 1. The molecule has 0 aromatic carbocycles. The van der Waals surface area contributed by atoms with Gasteiger partial charge in [-0.3, -0.25) is 0 Å². The third-order valence-electron chi connectivity index (χ3n) is 2.80. The van der Waals surface area contributed by atoms with E-state index in [-0.39, 0.29) is 0 Å². The summed E-state index contributed by atoms with van der Waals surface area (Å²) in [6.45, 7) is 6.76. The van der Waals surface area contributed by atoms with Crippen molar-refractivity contribution in [3.05, 3.63) is 12.4 Å². The van der Waals surface area contributed by atoms with Crippen LogP contribution in [0.4, 0.5) is 5.95 Å². The molecule has 17 heavy (non-hydrogen) atoms. The fourth-order valence-corrected chi connectivity index (χ4v) is 1.74. The molecule has 1 heterocycles. The Morgan fingerprint density at radius 3 is 2.65 bits per heavy atom. The van der Waals surface area contributed by atoms with Crippen LogP contribution in [0, 0.1) is 0 Å². The molecule has 1 aromatic heterocycles. The van der Waals surface area contributed by atoms with Gasteiger partial charge in [-0.05, 0) is 20.3 Å². The molecule has 6 heteroatoms. The highest BCUT2D eigenvalue weighted by atomic mass is 32.2. The highest BCUT2D eigenvalue weighted by Gasteiger charge is 2.31. The number of aromatic nitrogens is 2. The number of nitrogens with zero attached hydrogens (tertiary/aromatic N) is 2. The zero-order valence-electron chi connectivity index (χ0n) is 10.9.